The van der Waals surface area contributed by atoms with E-state index >= 15 is 0 Å². The van der Waals surface area contributed by atoms with Gasteiger partial charge in [0.25, 0.3) is 5.56 Å². The van der Waals surface area contributed by atoms with Gasteiger partial charge in [0.05, 0.1) is 23.4 Å². The summed E-state index contributed by atoms with van der Waals surface area (Å²) in [6, 6.07) is 13.2. The molecule has 1 aliphatic carbocycles. The van der Waals surface area contributed by atoms with Gasteiger partial charge in [-0.15, -0.1) is 0 Å². The van der Waals surface area contributed by atoms with Crippen LogP contribution in [0.15, 0.2) is 47.3 Å². The topological polar surface area (TPSA) is 85.0 Å². The van der Waals surface area contributed by atoms with Crippen LogP contribution < -0.4 is 10.9 Å². The van der Waals surface area contributed by atoms with Gasteiger partial charge in [0.1, 0.15) is 11.5 Å². The average molecular weight is 393 g/mol. The molecule has 152 valence electrons. The van der Waals surface area contributed by atoms with Gasteiger partial charge in [-0.25, -0.2) is 4.68 Å². The Morgan fingerprint density at radius 1 is 1.07 bits per heavy atom. The van der Waals surface area contributed by atoms with E-state index in [0.29, 0.717) is 18.5 Å². The minimum absolute atomic E-state index is 0.205. The summed E-state index contributed by atoms with van der Waals surface area (Å²) in [5.41, 5.74) is 2.20. The van der Waals surface area contributed by atoms with E-state index in [1.807, 2.05) is 44.4 Å². The molecule has 2 heterocycles. The molecular formula is C22H27N5O2. The molecule has 1 fully saturated rings. The third-order valence-electron chi connectivity index (χ3n) is 5.68. The van der Waals surface area contributed by atoms with Gasteiger partial charge in [0.15, 0.2) is 0 Å². The van der Waals surface area contributed by atoms with Crippen LogP contribution in [0.4, 0.5) is 5.82 Å². The minimum atomic E-state index is -0.864. The first-order valence-electron chi connectivity index (χ1n) is 10.1. The summed E-state index contributed by atoms with van der Waals surface area (Å²) in [6.45, 7) is 0.218. The standard InChI is InChI=1S/C22H27N5O2/c1-23-21-19(20(25-26(21)2)16-9-5-3-6-10-16)17-11-12-18(28)27(24-17)15-22(29)13-7-4-8-14-22/h3,5-6,9-12,23,29H,4,7-8,13-15H2,1-2H3. The van der Waals surface area contributed by atoms with E-state index in [1.165, 1.54) is 10.7 Å². The first-order chi connectivity index (χ1) is 14.0. The molecule has 0 spiro atoms. The molecule has 1 saturated carbocycles. The van der Waals surface area contributed by atoms with Crippen LogP contribution in [0, 0.1) is 0 Å². The number of rotatable bonds is 5. The van der Waals surface area contributed by atoms with Gasteiger partial charge < -0.3 is 10.4 Å². The second-order valence-corrected chi connectivity index (χ2v) is 7.81. The van der Waals surface area contributed by atoms with Gasteiger partial charge in [-0.3, -0.25) is 9.48 Å². The zero-order valence-corrected chi connectivity index (χ0v) is 16.9. The predicted molar refractivity (Wildman–Crippen MR) is 114 cm³/mol. The Bertz CT molecular complexity index is 1050. The Hall–Kier alpha value is -2.93. The van der Waals surface area contributed by atoms with Crippen LogP contribution >= 0.6 is 0 Å². The molecule has 2 N–H and O–H groups in total. The third-order valence-corrected chi connectivity index (χ3v) is 5.68. The Kier molecular flexibility index (Phi) is 5.24. The molecule has 1 aliphatic rings. The monoisotopic (exact) mass is 393 g/mol. The fraction of sp³-hybridized carbons (Fsp3) is 0.409. The SMILES string of the molecule is CNc1c(-c2ccc(=O)n(CC3(O)CCCCC3)n2)c(-c2ccccc2)nn1C. The van der Waals surface area contributed by atoms with Crippen LogP contribution in [0.5, 0.6) is 0 Å². The van der Waals surface area contributed by atoms with Crippen molar-refractivity contribution in [3.8, 4) is 22.5 Å². The number of aliphatic hydroxyl groups is 1. The molecule has 3 aromatic rings. The maximum atomic E-state index is 12.5. The Morgan fingerprint density at radius 2 is 1.79 bits per heavy atom. The second-order valence-electron chi connectivity index (χ2n) is 7.81. The summed E-state index contributed by atoms with van der Waals surface area (Å²) in [7, 11) is 3.72. The quantitative estimate of drug-likeness (QED) is 0.696. The lowest BCUT2D eigenvalue weighted by atomic mass is 9.85. The largest absolute Gasteiger partial charge is 0.388 e. The van der Waals surface area contributed by atoms with Crippen molar-refractivity contribution in [2.75, 3.05) is 12.4 Å². The molecule has 0 radical (unpaired) electrons. The highest BCUT2D eigenvalue weighted by Gasteiger charge is 2.30. The lowest BCUT2D eigenvalue weighted by molar-refractivity contribution is -0.0153. The maximum Gasteiger partial charge on any atom is 0.266 e. The van der Waals surface area contributed by atoms with Crippen LogP contribution in [-0.4, -0.2) is 37.3 Å². The maximum absolute atomic E-state index is 12.5. The fourth-order valence-corrected chi connectivity index (χ4v) is 4.19. The molecule has 0 unspecified atom stereocenters. The molecule has 0 bridgehead atoms. The number of aryl methyl sites for hydroxylation is 1. The predicted octanol–water partition coefficient (Wildman–Crippen LogP) is 3.05. The van der Waals surface area contributed by atoms with Crippen LogP contribution in [0.2, 0.25) is 0 Å². The van der Waals surface area contributed by atoms with E-state index < -0.39 is 5.60 Å². The second kappa shape index (κ2) is 7.83. The van der Waals surface area contributed by atoms with Crippen molar-refractivity contribution in [1.29, 1.82) is 0 Å². The summed E-state index contributed by atoms with van der Waals surface area (Å²) in [5.74, 6) is 0.818. The van der Waals surface area contributed by atoms with Crippen LogP contribution in [-0.2, 0) is 13.6 Å². The zero-order valence-electron chi connectivity index (χ0n) is 16.9. The molecule has 2 aromatic heterocycles. The van der Waals surface area contributed by atoms with Gasteiger partial charge in [0.2, 0.25) is 0 Å². The molecule has 0 aliphatic heterocycles. The number of aromatic nitrogens is 4. The first kappa shape index (κ1) is 19.4. The summed E-state index contributed by atoms with van der Waals surface area (Å²) in [4.78, 5) is 12.5. The lowest BCUT2D eigenvalue weighted by Crippen LogP contribution is -2.40. The minimum Gasteiger partial charge on any atom is -0.388 e. The highest BCUT2D eigenvalue weighted by atomic mass is 16.3. The third kappa shape index (κ3) is 3.82. The van der Waals surface area contributed by atoms with Crippen molar-refractivity contribution in [3.63, 3.8) is 0 Å². The van der Waals surface area contributed by atoms with Crippen molar-refractivity contribution >= 4 is 5.82 Å². The van der Waals surface area contributed by atoms with E-state index in [-0.39, 0.29) is 12.1 Å². The Morgan fingerprint density at radius 3 is 2.48 bits per heavy atom. The van der Waals surface area contributed by atoms with Gasteiger partial charge in [-0.05, 0) is 18.9 Å². The lowest BCUT2D eigenvalue weighted by Gasteiger charge is -2.32. The van der Waals surface area contributed by atoms with Gasteiger partial charge in [-0.1, -0.05) is 49.6 Å². The van der Waals surface area contributed by atoms with E-state index in [9.17, 15) is 9.90 Å². The van der Waals surface area contributed by atoms with Crippen molar-refractivity contribution < 1.29 is 5.11 Å². The van der Waals surface area contributed by atoms with Crippen LogP contribution in [0.1, 0.15) is 32.1 Å². The normalized spacial score (nSPS) is 16.0. The van der Waals surface area contributed by atoms with Crippen molar-refractivity contribution in [3.05, 3.63) is 52.8 Å². The van der Waals surface area contributed by atoms with Crippen molar-refractivity contribution in [2.24, 2.45) is 7.05 Å². The summed E-state index contributed by atoms with van der Waals surface area (Å²) in [6.07, 6.45) is 4.50. The summed E-state index contributed by atoms with van der Waals surface area (Å²) >= 11 is 0. The molecule has 4 rings (SSSR count). The average Bonchev–Trinajstić information content (AvgIpc) is 3.07. The van der Waals surface area contributed by atoms with Gasteiger partial charge >= 0.3 is 0 Å². The number of hydrogen-bond donors (Lipinski definition) is 2. The summed E-state index contributed by atoms with van der Waals surface area (Å²) < 4.78 is 3.19. The molecule has 1 aromatic carbocycles. The first-order valence-corrected chi connectivity index (χ1v) is 10.1. The van der Waals surface area contributed by atoms with E-state index in [4.69, 9.17) is 0 Å². The van der Waals surface area contributed by atoms with Gasteiger partial charge in [-0.2, -0.15) is 10.2 Å². The Balaban J connectivity index is 1.80. The molecule has 0 amide bonds. The number of nitrogens with one attached hydrogen (secondary N) is 1. The molecule has 7 nitrogen and oxygen atoms in total. The van der Waals surface area contributed by atoms with E-state index in [1.54, 1.807) is 10.7 Å². The molecule has 7 heteroatoms. The molecular weight excluding hydrogens is 366 g/mol. The van der Waals surface area contributed by atoms with Crippen LogP contribution in [0.25, 0.3) is 22.5 Å². The fourth-order valence-electron chi connectivity index (χ4n) is 4.19. The highest BCUT2D eigenvalue weighted by Crippen LogP contribution is 2.36. The van der Waals surface area contributed by atoms with Gasteiger partial charge in [0, 0.05) is 25.7 Å². The van der Waals surface area contributed by atoms with Crippen molar-refractivity contribution in [1.82, 2.24) is 19.6 Å². The van der Waals surface area contributed by atoms with Crippen LogP contribution in [0.3, 0.4) is 0 Å². The smallest absolute Gasteiger partial charge is 0.266 e. The summed E-state index contributed by atoms with van der Waals surface area (Å²) in [5, 5.41) is 23.4. The highest BCUT2D eigenvalue weighted by molar-refractivity contribution is 5.87. The molecule has 0 saturated heterocycles. The Labute approximate surface area is 170 Å². The van der Waals surface area contributed by atoms with E-state index in [0.717, 1.165) is 41.9 Å². The number of benzene rings is 1. The molecule has 0 atom stereocenters. The van der Waals surface area contributed by atoms with E-state index in [2.05, 4.69) is 15.5 Å². The number of nitrogens with zero attached hydrogens (tertiary/aromatic N) is 4. The van der Waals surface area contributed by atoms with Crippen molar-refractivity contribution in [2.45, 2.75) is 44.2 Å². The number of hydrogen-bond acceptors (Lipinski definition) is 5. The number of anilines is 1. The zero-order chi connectivity index (χ0) is 20.4. The molecule has 29 heavy (non-hydrogen) atoms.